The van der Waals surface area contributed by atoms with Gasteiger partial charge in [-0.3, -0.25) is 0 Å². The Labute approximate surface area is 198 Å². The van der Waals surface area contributed by atoms with Gasteiger partial charge in [0.1, 0.15) is 6.10 Å². The highest BCUT2D eigenvalue weighted by atomic mass is 35.5. The fourth-order valence-corrected chi connectivity index (χ4v) is 4.81. The summed E-state index contributed by atoms with van der Waals surface area (Å²) in [5.41, 5.74) is 2.44. The van der Waals surface area contributed by atoms with E-state index in [0.717, 1.165) is 6.54 Å². The SMILES string of the molecule is CCC(OC(=O)c1ccccc1)C(c1ccccc1)(c1ccccc1)C(C)CN(C)C.Cl. The number of carbonyl (C=O) groups excluding carboxylic acids is 1. The number of hydrogen-bond acceptors (Lipinski definition) is 3. The minimum atomic E-state index is -0.480. The summed E-state index contributed by atoms with van der Waals surface area (Å²) in [6.07, 6.45) is 0.389. The van der Waals surface area contributed by atoms with Crippen molar-refractivity contribution in [2.24, 2.45) is 5.92 Å². The van der Waals surface area contributed by atoms with Crippen LogP contribution in [-0.4, -0.2) is 37.6 Å². The van der Waals surface area contributed by atoms with Crippen LogP contribution in [0.25, 0.3) is 0 Å². The molecule has 0 saturated carbocycles. The number of nitrogens with zero attached hydrogens (tertiary/aromatic N) is 1. The van der Waals surface area contributed by atoms with Crippen molar-refractivity contribution < 1.29 is 9.53 Å². The Morgan fingerprint density at radius 2 is 1.28 bits per heavy atom. The minimum absolute atomic E-state index is 0. The normalized spacial score (nSPS) is 13.2. The summed E-state index contributed by atoms with van der Waals surface area (Å²) in [4.78, 5) is 15.3. The highest BCUT2D eigenvalue weighted by Crippen LogP contribution is 2.45. The Morgan fingerprint density at radius 1 is 0.844 bits per heavy atom. The fraction of sp³-hybridized carbons (Fsp3) is 0.321. The van der Waals surface area contributed by atoms with Crippen molar-refractivity contribution in [1.82, 2.24) is 4.90 Å². The van der Waals surface area contributed by atoms with E-state index in [1.54, 1.807) is 0 Å². The molecule has 0 aliphatic carbocycles. The molecule has 2 unspecified atom stereocenters. The molecule has 3 nitrogen and oxygen atoms in total. The van der Waals surface area contributed by atoms with E-state index in [9.17, 15) is 4.79 Å². The minimum Gasteiger partial charge on any atom is -0.457 e. The summed E-state index contributed by atoms with van der Waals surface area (Å²) >= 11 is 0. The average molecular weight is 452 g/mol. The van der Waals surface area contributed by atoms with Gasteiger partial charge in [-0.05, 0) is 49.7 Å². The van der Waals surface area contributed by atoms with E-state index in [-0.39, 0.29) is 30.4 Å². The van der Waals surface area contributed by atoms with E-state index < -0.39 is 5.41 Å². The van der Waals surface area contributed by atoms with Gasteiger partial charge in [0.25, 0.3) is 0 Å². The summed E-state index contributed by atoms with van der Waals surface area (Å²) in [5, 5.41) is 0. The lowest BCUT2D eigenvalue weighted by Crippen LogP contribution is -2.50. The molecule has 0 saturated heterocycles. The van der Waals surface area contributed by atoms with Crippen LogP contribution in [0.3, 0.4) is 0 Å². The Hall–Kier alpha value is -2.62. The second-order valence-corrected chi connectivity index (χ2v) is 8.43. The van der Waals surface area contributed by atoms with Crippen molar-refractivity contribution in [1.29, 1.82) is 0 Å². The van der Waals surface area contributed by atoms with E-state index in [2.05, 4.69) is 81.4 Å². The molecule has 0 N–H and O–H groups in total. The molecule has 0 amide bonds. The second-order valence-electron chi connectivity index (χ2n) is 8.43. The molecular weight excluding hydrogens is 418 g/mol. The van der Waals surface area contributed by atoms with Crippen molar-refractivity contribution >= 4 is 18.4 Å². The van der Waals surface area contributed by atoms with Crippen LogP contribution in [0.4, 0.5) is 0 Å². The van der Waals surface area contributed by atoms with E-state index >= 15 is 0 Å². The van der Waals surface area contributed by atoms with Crippen LogP contribution in [0.15, 0.2) is 91.0 Å². The molecule has 0 spiro atoms. The van der Waals surface area contributed by atoms with Gasteiger partial charge in [-0.25, -0.2) is 4.79 Å². The zero-order valence-electron chi connectivity index (χ0n) is 19.4. The number of benzene rings is 3. The van der Waals surface area contributed by atoms with Gasteiger partial charge in [0.15, 0.2) is 0 Å². The molecule has 3 rings (SSSR count). The predicted molar refractivity (Wildman–Crippen MR) is 135 cm³/mol. The van der Waals surface area contributed by atoms with Gasteiger partial charge < -0.3 is 9.64 Å². The Balaban J connectivity index is 0.00000363. The maximum absolute atomic E-state index is 13.1. The summed E-state index contributed by atoms with van der Waals surface area (Å²) < 4.78 is 6.31. The quantitative estimate of drug-likeness (QED) is 0.361. The van der Waals surface area contributed by atoms with Crippen LogP contribution in [0.1, 0.15) is 41.8 Å². The molecule has 170 valence electrons. The molecule has 3 aromatic rings. The summed E-state index contributed by atoms with van der Waals surface area (Å²) in [7, 11) is 4.18. The van der Waals surface area contributed by atoms with Crippen LogP contribution in [0.5, 0.6) is 0 Å². The molecule has 0 aromatic heterocycles. The van der Waals surface area contributed by atoms with Crippen LogP contribution in [0.2, 0.25) is 0 Å². The number of carbonyl (C=O) groups is 1. The van der Waals surface area contributed by atoms with E-state index in [1.165, 1.54) is 11.1 Å². The molecule has 0 bridgehead atoms. The number of ether oxygens (including phenoxy) is 1. The number of esters is 1. The number of hydrogen-bond donors (Lipinski definition) is 0. The third-order valence-electron chi connectivity index (χ3n) is 6.06. The van der Waals surface area contributed by atoms with Gasteiger partial charge in [-0.2, -0.15) is 0 Å². The van der Waals surface area contributed by atoms with Crippen molar-refractivity contribution in [2.45, 2.75) is 31.8 Å². The maximum Gasteiger partial charge on any atom is 0.338 e. The highest BCUT2D eigenvalue weighted by molar-refractivity contribution is 5.89. The highest BCUT2D eigenvalue weighted by Gasteiger charge is 2.48. The van der Waals surface area contributed by atoms with E-state index in [0.29, 0.717) is 12.0 Å². The van der Waals surface area contributed by atoms with Crippen molar-refractivity contribution in [2.75, 3.05) is 20.6 Å². The van der Waals surface area contributed by atoms with Crippen LogP contribution in [-0.2, 0) is 10.2 Å². The van der Waals surface area contributed by atoms with Crippen LogP contribution in [0, 0.1) is 5.92 Å². The monoisotopic (exact) mass is 451 g/mol. The Bertz CT molecular complexity index is 905. The third-order valence-corrected chi connectivity index (χ3v) is 6.06. The molecule has 0 heterocycles. The lowest BCUT2D eigenvalue weighted by Gasteiger charge is -2.46. The van der Waals surface area contributed by atoms with Gasteiger partial charge in [-0.15, -0.1) is 12.4 Å². The van der Waals surface area contributed by atoms with Crippen LogP contribution < -0.4 is 0 Å². The van der Waals surface area contributed by atoms with Gasteiger partial charge in [0.2, 0.25) is 0 Å². The third kappa shape index (κ3) is 5.40. The zero-order chi connectivity index (χ0) is 22.3. The maximum atomic E-state index is 13.1. The molecule has 4 heteroatoms. The summed E-state index contributed by atoms with van der Waals surface area (Å²) in [6.45, 7) is 5.23. The predicted octanol–water partition coefficient (Wildman–Crippen LogP) is 6.23. The topological polar surface area (TPSA) is 29.5 Å². The average Bonchev–Trinajstić information content (AvgIpc) is 2.80. The standard InChI is InChI=1S/C28H33NO2.ClH/c1-5-26(31-27(30)23-15-9-6-10-16-23)28(22(2)21-29(3)4,24-17-11-7-12-18-24)25-19-13-8-14-20-25;/h6-20,22,26H,5,21H2,1-4H3;1H. The van der Waals surface area contributed by atoms with Crippen molar-refractivity contribution in [3.63, 3.8) is 0 Å². The molecule has 0 radical (unpaired) electrons. The lowest BCUT2D eigenvalue weighted by molar-refractivity contribution is -0.00177. The van der Waals surface area contributed by atoms with Crippen LogP contribution >= 0.6 is 12.4 Å². The lowest BCUT2D eigenvalue weighted by atomic mass is 9.62. The molecule has 32 heavy (non-hydrogen) atoms. The second kappa shape index (κ2) is 11.8. The molecule has 3 aromatic carbocycles. The van der Waals surface area contributed by atoms with Gasteiger partial charge in [0.05, 0.1) is 11.0 Å². The smallest absolute Gasteiger partial charge is 0.338 e. The van der Waals surface area contributed by atoms with E-state index in [4.69, 9.17) is 4.74 Å². The van der Waals surface area contributed by atoms with Gasteiger partial charge >= 0.3 is 5.97 Å². The first-order chi connectivity index (χ1) is 15.0. The first-order valence-corrected chi connectivity index (χ1v) is 11.0. The first kappa shape index (κ1) is 25.6. The Morgan fingerprint density at radius 3 is 1.69 bits per heavy atom. The van der Waals surface area contributed by atoms with Gasteiger partial charge in [-0.1, -0.05) is 92.7 Å². The first-order valence-electron chi connectivity index (χ1n) is 11.0. The molecule has 0 aliphatic heterocycles. The number of rotatable bonds is 9. The van der Waals surface area contributed by atoms with Crippen molar-refractivity contribution in [3.8, 4) is 0 Å². The molecule has 0 fully saturated rings. The van der Waals surface area contributed by atoms with Crippen molar-refractivity contribution in [3.05, 3.63) is 108 Å². The largest absolute Gasteiger partial charge is 0.457 e. The molecular formula is C28H34ClNO2. The van der Waals surface area contributed by atoms with Gasteiger partial charge in [0, 0.05) is 6.54 Å². The number of halogens is 1. The molecule has 2 atom stereocenters. The zero-order valence-corrected chi connectivity index (χ0v) is 20.2. The van der Waals surface area contributed by atoms with E-state index in [1.807, 2.05) is 42.5 Å². The molecule has 0 aliphatic rings. The summed E-state index contributed by atoms with van der Waals surface area (Å²) in [5.74, 6) is -0.0819. The fourth-order valence-electron chi connectivity index (χ4n) is 4.81. The Kier molecular flexibility index (Phi) is 9.49. The summed E-state index contributed by atoms with van der Waals surface area (Å²) in [6, 6.07) is 30.3.